The Morgan fingerprint density at radius 1 is 1.00 bits per heavy atom. The Balaban J connectivity index is 0.00000240. The van der Waals surface area contributed by atoms with Crippen molar-refractivity contribution in [1.29, 1.82) is 0 Å². The Bertz CT molecular complexity index is 813. The molecule has 0 amide bonds. The Kier molecular flexibility index (Phi) is 7.92. The highest BCUT2D eigenvalue weighted by atomic mass is 35.5. The van der Waals surface area contributed by atoms with Gasteiger partial charge in [0.2, 0.25) is 0 Å². The van der Waals surface area contributed by atoms with Crippen LogP contribution in [-0.2, 0) is 6.42 Å². The largest absolute Gasteiger partial charge is 0.388 e. The quantitative estimate of drug-likeness (QED) is 0.529. The van der Waals surface area contributed by atoms with Crippen LogP contribution < -0.4 is 0 Å². The lowest BCUT2D eigenvalue weighted by atomic mass is 9.88. The van der Waals surface area contributed by atoms with Gasteiger partial charge in [-0.2, -0.15) is 0 Å². The Morgan fingerprint density at radius 2 is 1.66 bits per heavy atom. The van der Waals surface area contributed by atoms with Gasteiger partial charge in [0, 0.05) is 16.6 Å². The molecule has 2 aromatic rings. The molecular formula is C24H30Cl3NO. The zero-order chi connectivity index (χ0) is 19.7. The van der Waals surface area contributed by atoms with Gasteiger partial charge < -0.3 is 10.0 Å². The molecule has 2 aliphatic rings. The van der Waals surface area contributed by atoms with E-state index in [4.69, 9.17) is 23.2 Å². The van der Waals surface area contributed by atoms with Crippen molar-refractivity contribution in [1.82, 2.24) is 4.90 Å². The van der Waals surface area contributed by atoms with Crippen molar-refractivity contribution >= 4 is 35.6 Å². The summed E-state index contributed by atoms with van der Waals surface area (Å²) >= 11 is 12.8. The molecule has 0 bridgehead atoms. The Morgan fingerprint density at radius 3 is 2.34 bits per heavy atom. The van der Waals surface area contributed by atoms with E-state index in [1.807, 2.05) is 18.2 Å². The van der Waals surface area contributed by atoms with Crippen LogP contribution in [0.1, 0.15) is 60.0 Å². The van der Waals surface area contributed by atoms with Gasteiger partial charge in [0.15, 0.2) is 0 Å². The molecule has 1 fully saturated rings. The molecule has 5 heteroatoms. The summed E-state index contributed by atoms with van der Waals surface area (Å²) in [6, 6.07) is 12.1. The third-order valence-electron chi connectivity index (χ3n) is 6.68. The highest BCUT2D eigenvalue weighted by Crippen LogP contribution is 2.38. The van der Waals surface area contributed by atoms with Crippen molar-refractivity contribution in [3.05, 3.63) is 68.7 Å². The smallest absolute Gasteiger partial charge is 0.0795 e. The van der Waals surface area contributed by atoms with Crippen molar-refractivity contribution in [3.63, 3.8) is 0 Å². The average molecular weight is 455 g/mol. The molecule has 0 saturated carbocycles. The lowest BCUT2D eigenvalue weighted by Gasteiger charge is -2.35. The maximum absolute atomic E-state index is 10.8. The van der Waals surface area contributed by atoms with Gasteiger partial charge in [-0.25, -0.2) is 0 Å². The number of aliphatic hydroxyl groups excluding tert-OH is 1. The van der Waals surface area contributed by atoms with Crippen molar-refractivity contribution < 1.29 is 5.11 Å². The molecule has 1 heterocycles. The van der Waals surface area contributed by atoms with Gasteiger partial charge in [0.05, 0.1) is 6.10 Å². The fourth-order valence-corrected chi connectivity index (χ4v) is 5.83. The molecule has 2 atom stereocenters. The number of hydrogen-bond acceptors (Lipinski definition) is 2. The maximum atomic E-state index is 10.8. The fraction of sp³-hybridized carbons (Fsp3) is 0.500. The third kappa shape index (κ3) is 5.11. The molecule has 0 radical (unpaired) electrons. The van der Waals surface area contributed by atoms with Crippen molar-refractivity contribution in [2.45, 2.75) is 51.0 Å². The van der Waals surface area contributed by atoms with Crippen LogP contribution in [0, 0.1) is 12.8 Å². The summed E-state index contributed by atoms with van der Waals surface area (Å²) in [5.74, 6) is 0.992. The number of aliphatic hydroxyl groups is 1. The lowest BCUT2D eigenvalue weighted by molar-refractivity contribution is 0.117. The van der Waals surface area contributed by atoms with Gasteiger partial charge in [-0.15, -0.1) is 12.4 Å². The topological polar surface area (TPSA) is 23.5 Å². The van der Waals surface area contributed by atoms with Crippen LogP contribution in [0.15, 0.2) is 36.4 Å². The van der Waals surface area contributed by atoms with E-state index in [0.29, 0.717) is 11.8 Å². The zero-order valence-corrected chi connectivity index (χ0v) is 19.2. The van der Waals surface area contributed by atoms with Crippen LogP contribution in [0.4, 0.5) is 0 Å². The molecule has 0 unspecified atom stereocenters. The SMILES string of the molecule is Cc1cccc2c1CC[C@H](CN1CCC(c3c(Cl)cccc3Cl)CC1)C[C@@H]2O.Cl. The maximum Gasteiger partial charge on any atom is 0.0795 e. The minimum absolute atomic E-state index is 0. The molecule has 0 aromatic heterocycles. The monoisotopic (exact) mass is 453 g/mol. The molecule has 2 aromatic carbocycles. The van der Waals surface area contributed by atoms with Crippen LogP contribution >= 0.6 is 35.6 Å². The lowest BCUT2D eigenvalue weighted by Crippen LogP contribution is -2.37. The molecule has 1 saturated heterocycles. The second-order valence-electron chi connectivity index (χ2n) is 8.51. The second-order valence-corrected chi connectivity index (χ2v) is 9.32. The third-order valence-corrected chi connectivity index (χ3v) is 7.34. The number of likely N-dealkylation sites (tertiary alicyclic amines) is 1. The summed E-state index contributed by atoms with van der Waals surface area (Å²) in [5.41, 5.74) is 4.95. The molecule has 0 spiro atoms. The predicted molar refractivity (Wildman–Crippen MR) is 125 cm³/mol. The van der Waals surface area contributed by atoms with Crippen LogP contribution in [0.25, 0.3) is 0 Å². The van der Waals surface area contributed by atoms with Crippen molar-refractivity contribution in [2.24, 2.45) is 5.92 Å². The summed E-state index contributed by atoms with van der Waals surface area (Å²) < 4.78 is 0. The standard InChI is InChI=1S/C24H29Cl2NO.ClH/c1-16-4-2-5-20-19(16)9-8-17(14-23(20)28)15-27-12-10-18(11-13-27)24-21(25)6-3-7-22(24)26;/h2-7,17-18,23,28H,8-15H2,1H3;1H/t17-,23-;/m0./s1. The normalized spacial score (nSPS) is 23.2. The van der Waals surface area contributed by atoms with E-state index in [-0.39, 0.29) is 18.5 Å². The van der Waals surface area contributed by atoms with Crippen LogP contribution in [0.5, 0.6) is 0 Å². The van der Waals surface area contributed by atoms with Gasteiger partial charge in [0.1, 0.15) is 0 Å². The molecular weight excluding hydrogens is 425 g/mol. The number of rotatable bonds is 3. The molecule has 158 valence electrons. The van der Waals surface area contributed by atoms with E-state index in [9.17, 15) is 5.11 Å². The zero-order valence-electron chi connectivity index (χ0n) is 16.9. The molecule has 29 heavy (non-hydrogen) atoms. The predicted octanol–water partition coefficient (Wildman–Crippen LogP) is 6.59. The summed E-state index contributed by atoms with van der Waals surface area (Å²) in [6.07, 6.45) is 4.96. The first kappa shape index (κ1) is 22.9. The number of hydrogen-bond donors (Lipinski definition) is 1. The van der Waals surface area contributed by atoms with E-state index in [0.717, 1.165) is 72.9 Å². The summed E-state index contributed by atoms with van der Waals surface area (Å²) in [5, 5.41) is 12.4. The Hall–Kier alpha value is -0.770. The van der Waals surface area contributed by atoms with Crippen LogP contribution in [-0.4, -0.2) is 29.6 Å². The first-order valence-electron chi connectivity index (χ1n) is 10.5. The number of nitrogens with zero attached hydrogens (tertiary/aromatic N) is 1. The van der Waals surface area contributed by atoms with E-state index >= 15 is 0 Å². The first-order valence-corrected chi connectivity index (χ1v) is 11.2. The van der Waals surface area contributed by atoms with Gasteiger partial charge in [0.25, 0.3) is 0 Å². The van der Waals surface area contributed by atoms with Crippen LogP contribution in [0.3, 0.4) is 0 Å². The van der Waals surface area contributed by atoms with E-state index < -0.39 is 0 Å². The van der Waals surface area contributed by atoms with E-state index in [2.05, 4.69) is 30.0 Å². The number of halogens is 3. The van der Waals surface area contributed by atoms with Gasteiger partial charge in [-0.05, 0) is 98.3 Å². The molecule has 1 aliphatic carbocycles. The minimum atomic E-state index is -0.332. The summed E-state index contributed by atoms with van der Waals surface area (Å²) in [4.78, 5) is 2.57. The van der Waals surface area contributed by atoms with Crippen LogP contribution in [0.2, 0.25) is 10.0 Å². The number of piperidine rings is 1. The van der Waals surface area contributed by atoms with E-state index in [1.54, 1.807) is 0 Å². The van der Waals surface area contributed by atoms with E-state index in [1.165, 1.54) is 11.1 Å². The van der Waals surface area contributed by atoms with Gasteiger partial charge >= 0.3 is 0 Å². The van der Waals surface area contributed by atoms with Crippen molar-refractivity contribution in [2.75, 3.05) is 19.6 Å². The highest BCUT2D eigenvalue weighted by molar-refractivity contribution is 6.36. The average Bonchev–Trinajstić information content (AvgIpc) is 2.83. The molecule has 1 N–H and O–H groups in total. The fourth-order valence-electron chi connectivity index (χ4n) is 5.12. The summed E-state index contributed by atoms with van der Waals surface area (Å²) in [7, 11) is 0. The number of benzene rings is 2. The minimum Gasteiger partial charge on any atom is -0.388 e. The number of fused-ring (bicyclic) bond motifs is 1. The highest BCUT2D eigenvalue weighted by Gasteiger charge is 2.28. The molecule has 1 aliphatic heterocycles. The van der Waals surface area contributed by atoms with Gasteiger partial charge in [-0.1, -0.05) is 47.5 Å². The first-order chi connectivity index (χ1) is 13.5. The second kappa shape index (κ2) is 10.0. The Labute approximate surface area is 190 Å². The molecule has 2 nitrogen and oxygen atoms in total. The number of aryl methyl sites for hydroxylation is 1. The van der Waals surface area contributed by atoms with Gasteiger partial charge in [-0.3, -0.25) is 0 Å². The summed E-state index contributed by atoms with van der Waals surface area (Å²) in [6.45, 7) is 5.39. The van der Waals surface area contributed by atoms with Crippen molar-refractivity contribution in [3.8, 4) is 0 Å². The molecule has 4 rings (SSSR count).